The van der Waals surface area contributed by atoms with Crippen molar-refractivity contribution in [3.8, 4) is 0 Å². The summed E-state index contributed by atoms with van der Waals surface area (Å²) < 4.78 is 0. The number of likely N-dealkylation sites (N-methyl/N-ethyl adjacent to an activating group) is 1. The number of carbonyl (C=O) groups excluding carboxylic acids is 1. The Kier molecular flexibility index (Phi) is 4.15. The van der Waals surface area contributed by atoms with Gasteiger partial charge >= 0.3 is 0 Å². The van der Waals surface area contributed by atoms with E-state index in [2.05, 4.69) is 9.98 Å². The number of amides is 1. The topological polar surface area (TPSA) is 45.6 Å². The predicted molar refractivity (Wildman–Crippen MR) is 75.2 cm³/mol. The largest absolute Gasteiger partial charge is 0.287 e. The Labute approximate surface area is 111 Å². The van der Waals surface area contributed by atoms with Crippen LogP contribution in [0.5, 0.6) is 0 Å². The van der Waals surface area contributed by atoms with Crippen LogP contribution < -0.4 is 0 Å². The smallest absolute Gasteiger partial charge is 0.266 e. The molecule has 1 aliphatic heterocycles. The normalized spacial score (nSPS) is 20.1. The number of aromatic nitrogens is 1. The summed E-state index contributed by atoms with van der Waals surface area (Å²) in [6.07, 6.45) is 3.53. The van der Waals surface area contributed by atoms with E-state index in [1.165, 1.54) is 11.8 Å². The number of aliphatic imine (C=N–C) groups is 1. The van der Waals surface area contributed by atoms with E-state index in [-0.39, 0.29) is 5.91 Å². The number of thioether (sulfide) groups is 1. The van der Waals surface area contributed by atoms with E-state index < -0.39 is 0 Å². The molecule has 0 atom stereocenters. The number of nitrogens with zero attached hydrogens (tertiary/aromatic N) is 3. The van der Waals surface area contributed by atoms with Gasteiger partial charge in [0.25, 0.3) is 5.91 Å². The molecule has 2 heterocycles. The second-order valence-electron chi connectivity index (χ2n) is 3.67. The lowest BCUT2D eigenvalue weighted by atomic mass is 10.3. The van der Waals surface area contributed by atoms with E-state index in [4.69, 9.17) is 0 Å². The molecule has 0 aliphatic carbocycles. The Balaban J connectivity index is 2.29. The van der Waals surface area contributed by atoms with Crippen LogP contribution in [0.1, 0.15) is 19.5 Å². The zero-order chi connectivity index (χ0) is 13.0. The summed E-state index contributed by atoms with van der Waals surface area (Å²) in [4.78, 5) is 23.1. The standard InChI is InChI=1S/C13H15N3OS/c1-3-14-13-16(4-2)12(17)11(18-13)9-10-7-5-6-8-15-10/h5-9H,3-4H2,1-2H3/b11-9-,14-13?. The van der Waals surface area contributed by atoms with Gasteiger partial charge in [0.1, 0.15) is 0 Å². The number of pyridine rings is 1. The third kappa shape index (κ3) is 2.61. The van der Waals surface area contributed by atoms with Crippen molar-refractivity contribution in [1.29, 1.82) is 0 Å². The number of hydrogen-bond donors (Lipinski definition) is 0. The molecule has 1 saturated heterocycles. The maximum atomic E-state index is 12.2. The van der Waals surface area contributed by atoms with E-state index >= 15 is 0 Å². The molecule has 94 valence electrons. The number of hydrogen-bond acceptors (Lipinski definition) is 4. The van der Waals surface area contributed by atoms with Crippen molar-refractivity contribution in [2.75, 3.05) is 13.1 Å². The molecule has 0 bridgehead atoms. The first-order valence-electron chi connectivity index (χ1n) is 5.93. The predicted octanol–water partition coefficient (Wildman–Crippen LogP) is 2.39. The molecular weight excluding hydrogens is 246 g/mol. The van der Waals surface area contributed by atoms with Crippen molar-refractivity contribution < 1.29 is 4.79 Å². The molecule has 2 rings (SSSR count). The molecule has 1 aromatic rings. The molecule has 0 unspecified atom stereocenters. The first-order chi connectivity index (χ1) is 8.76. The van der Waals surface area contributed by atoms with Crippen LogP contribution in [-0.2, 0) is 4.79 Å². The van der Waals surface area contributed by atoms with Gasteiger partial charge in [-0.2, -0.15) is 0 Å². The van der Waals surface area contributed by atoms with Crippen LogP contribution in [0.25, 0.3) is 6.08 Å². The highest BCUT2D eigenvalue weighted by Gasteiger charge is 2.31. The van der Waals surface area contributed by atoms with E-state index in [1.54, 1.807) is 11.1 Å². The Bertz CT molecular complexity index is 496. The minimum atomic E-state index is 0.0142. The van der Waals surface area contributed by atoms with Gasteiger partial charge in [0.05, 0.1) is 10.6 Å². The molecule has 1 aliphatic rings. The molecule has 0 saturated carbocycles. The second-order valence-corrected chi connectivity index (χ2v) is 4.68. The van der Waals surface area contributed by atoms with Crippen molar-refractivity contribution in [2.45, 2.75) is 13.8 Å². The first-order valence-corrected chi connectivity index (χ1v) is 6.74. The van der Waals surface area contributed by atoms with Gasteiger partial charge in [-0.3, -0.25) is 19.7 Å². The van der Waals surface area contributed by atoms with Gasteiger partial charge in [-0.25, -0.2) is 0 Å². The first kappa shape index (κ1) is 12.8. The van der Waals surface area contributed by atoms with E-state index in [0.29, 0.717) is 18.0 Å². The minimum absolute atomic E-state index is 0.0142. The quantitative estimate of drug-likeness (QED) is 0.785. The van der Waals surface area contributed by atoms with Gasteiger partial charge in [0.15, 0.2) is 5.17 Å². The monoisotopic (exact) mass is 261 g/mol. The van der Waals surface area contributed by atoms with Crippen molar-refractivity contribution in [3.05, 3.63) is 35.0 Å². The maximum Gasteiger partial charge on any atom is 0.266 e. The highest BCUT2D eigenvalue weighted by Crippen LogP contribution is 2.31. The molecule has 18 heavy (non-hydrogen) atoms. The molecule has 5 heteroatoms. The van der Waals surface area contributed by atoms with Gasteiger partial charge in [-0.1, -0.05) is 6.07 Å². The van der Waals surface area contributed by atoms with Gasteiger partial charge in [-0.15, -0.1) is 0 Å². The van der Waals surface area contributed by atoms with Crippen molar-refractivity contribution in [2.24, 2.45) is 4.99 Å². The third-order valence-corrected chi connectivity index (χ3v) is 3.51. The number of amidine groups is 1. The zero-order valence-corrected chi connectivity index (χ0v) is 11.3. The maximum absolute atomic E-state index is 12.2. The molecule has 1 fully saturated rings. The average molecular weight is 261 g/mol. The van der Waals surface area contributed by atoms with E-state index in [1.807, 2.05) is 38.1 Å². The average Bonchev–Trinajstić information content (AvgIpc) is 2.67. The van der Waals surface area contributed by atoms with Crippen molar-refractivity contribution in [3.63, 3.8) is 0 Å². The van der Waals surface area contributed by atoms with Crippen molar-refractivity contribution >= 4 is 28.9 Å². The van der Waals surface area contributed by atoms with Crippen LogP contribution in [-0.4, -0.2) is 34.0 Å². The fourth-order valence-electron chi connectivity index (χ4n) is 1.64. The Hall–Kier alpha value is -1.62. The van der Waals surface area contributed by atoms with Crippen molar-refractivity contribution in [1.82, 2.24) is 9.88 Å². The van der Waals surface area contributed by atoms with Crippen LogP contribution in [0.15, 0.2) is 34.3 Å². The summed E-state index contributed by atoms with van der Waals surface area (Å²) in [6.45, 7) is 5.24. The third-order valence-electron chi connectivity index (χ3n) is 2.46. The van der Waals surface area contributed by atoms with Gasteiger partial charge < -0.3 is 0 Å². The van der Waals surface area contributed by atoms with E-state index in [0.717, 1.165) is 10.9 Å². The molecule has 1 amide bonds. The zero-order valence-electron chi connectivity index (χ0n) is 10.5. The molecule has 0 N–H and O–H groups in total. The Morgan fingerprint density at radius 2 is 2.28 bits per heavy atom. The lowest BCUT2D eigenvalue weighted by molar-refractivity contribution is -0.122. The van der Waals surface area contributed by atoms with Crippen LogP contribution in [0.4, 0.5) is 0 Å². The van der Waals surface area contributed by atoms with Crippen LogP contribution in [0.2, 0.25) is 0 Å². The van der Waals surface area contributed by atoms with Gasteiger partial charge in [0, 0.05) is 19.3 Å². The fraction of sp³-hybridized carbons (Fsp3) is 0.308. The van der Waals surface area contributed by atoms with Gasteiger partial charge in [0.2, 0.25) is 0 Å². The number of rotatable bonds is 3. The van der Waals surface area contributed by atoms with Crippen LogP contribution >= 0.6 is 11.8 Å². The molecule has 0 spiro atoms. The minimum Gasteiger partial charge on any atom is -0.287 e. The lowest BCUT2D eigenvalue weighted by Gasteiger charge is -2.11. The van der Waals surface area contributed by atoms with Gasteiger partial charge in [-0.05, 0) is 43.8 Å². The summed E-state index contributed by atoms with van der Waals surface area (Å²) in [6, 6.07) is 5.64. The Morgan fingerprint density at radius 3 is 2.89 bits per heavy atom. The number of carbonyl (C=O) groups is 1. The highest BCUT2D eigenvalue weighted by molar-refractivity contribution is 8.18. The summed E-state index contributed by atoms with van der Waals surface area (Å²) in [5.74, 6) is 0.0142. The molecule has 0 radical (unpaired) electrons. The lowest BCUT2D eigenvalue weighted by Crippen LogP contribution is -2.28. The second kappa shape index (κ2) is 5.82. The van der Waals surface area contributed by atoms with Crippen LogP contribution in [0.3, 0.4) is 0 Å². The molecule has 4 nitrogen and oxygen atoms in total. The summed E-state index contributed by atoms with van der Waals surface area (Å²) >= 11 is 1.42. The summed E-state index contributed by atoms with van der Waals surface area (Å²) in [5.41, 5.74) is 0.794. The molecule has 1 aromatic heterocycles. The van der Waals surface area contributed by atoms with E-state index in [9.17, 15) is 4.79 Å². The fourth-order valence-corrected chi connectivity index (χ4v) is 2.73. The SMILES string of the molecule is CCN=C1S/C(=C\c2ccccn2)C(=O)N1CC. The summed E-state index contributed by atoms with van der Waals surface area (Å²) in [5, 5.41) is 0.784. The molecular formula is C13H15N3OS. The highest BCUT2D eigenvalue weighted by atomic mass is 32.2. The van der Waals surface area contributed by atoms with Crippen LogP contribution in [0, 0.1) is 0 Å². The summed E-state index contributed by atoms with van der Waals surface area (Å²) in [7, 11) is 0. The Morgan fingerprint density at radius 1 is 1.44 bits per heavy atom. The molecule has 0 aromatic carbocycles.